The molecule has 2 aromatic carbocycles. The molecule has 0 radical (unpaired) electrons. The van der Waals surface area contributed by atoms with E-state index < -0.39 is 15.9 Å². The summed E-state index contributed by atoms with van der Waals surface area (Å²) in [6, 6.07) is 21.0. The van der Waals surface area contributed by atoms with E-state index in [-0.39, 0.29) is 10.5 Å². The van der Waals surface area contributed by atoms with Crippen LogP contribution in [0, 0.1) is 11.3 Å². The number of hydrogen-bond acceptors (Lipinski definition) is 6. The first-order valence-electron chi connectivity index (χ1n) is 10.7. The van der Waals surface area contributed by atoms with Crippen molar-refractivity contribution in [2.24, 2.45) is 0 Å². The first-order chi connectivity index (χ1) is 16.5. The van der Waals surface area contributed by atoms with Crippen molar-refractivity contribution in [1.29, 1.82) is 5.26 Å². The van der Waals surface area contributed by atoms with Crippen LogP contribution in [0.2, 0.25) is 0 Å². The summed E-state index contributed by atoms with van der Waals surface area (Å²) < 4.78 is 38.0. The van der Waals surface area contributed by atoms with Crippen molar-refractivity contribution in [3.63, 3.8) is 0 Å². The van der Waals surface area contributed by atoms with E-state index in [1.165, 1.54) is 22.5 Å². The lowest BCUT2D eigenvalue weighted by Crippen LogP contribution is -2.40. The Bertz CT molecular complexity index is 1320. The minimum absolute atomic E-state index is 0.0798. The fourth-order valence-electron chi connectivity index (χ4n) is 3.48. The normalized spacial score (nSPS) is 15.0. The zero-order valence-corrected chi connectivity index (χ0v) is 19.1. The monoisotopic (exact) mass is 477 g/mol. The van der Waals surface area contributed by atoms with Crippen LogP contribution in [-0.4, -0.2) is 44.9 Å². The Hall–Kier alpha value is -3.71. The average Bonchev–Trinajstić information content (AvgIpc) is 3.36. The Morgan fingerprint density at radius 1 is 1.03 bits per heavy atom. The van der Waals surface area contributed by atoms with Crippen LogP contribution < -0.4 is 5.32 Å². The second-order valence-electron chi connectivity index (χ2n) is 7.58. The predicted molar refractivity (Wildman–Crippen MR) is 126 cm³/mol. The maximum Gasteiger partial charge on any atom is 0.262 e. The number of benzene rings is 2. The van der Waals surface area contributed by atoms with Gasteiger partial charge in [0.25, 0.3) is 5.91 Å². The lowest BCUT2D eigenvalue weighted by atomic mass is 10.2. The van der Waals surface area contributed by atoms with Gasteiger partial charge >= 0.3 is 0 Å². The Morgan fingerprint density at radius 3 is 2.41 bits per heavy atom. The van der Waals surface area contributed by atoms with Gasteiger partial charge in [-0.15, -0.1) is 0 Å². The molecule has 2 heterocycles. The summed E-state index contributed by atoms with van der Waals surface area (Å²) in [5, 5.41) is 12.1. The van der Waals surface area contributed by atoms with Crippen molar-refractivity contribution >= 4 is 22.0 Å². The van der Waals surface area contributed by atoms with Gasteiger partial charge in [-0.05, 0) is 42.0 Å². The van der Waals surface area contributed by atoms with Crippen LogP contribution in [0.3, 0.4) is 0 Å². The molecule has 1 aliphatic rings. The molecule has 1 N–H and O–H groups in total. The molecular weight excluding hydrogens is 454 g/mol. The molecule has 174 valence electrons. The molecule has 1 amide bonds. The molecule has 3 aromatic rings. The number of rotatable bonds is 7. The molecule has 0 spiro atoms. The molecule has 1 saturated heterocycles. The van der Waals surface area contributed by atoms with Crippen LogP contribution >= 0.6 is 0 Å². The van der Waals surface area contributed by atoms with Crippen LogP contribution in [0.5, 0.6) is 0 Å². The lowest BCUT2D eigenvalue weighted by Gasteiger charge is -2.26. The van der Waals surface area contributed by atoms with E-state index in [0.29, 0.717) is 49.9 Å². The Kier molecular flexibility index (Phi) is 7.23. The fraction of sp³-hybridized carbons (Fsp3) is 0.200. The third-order valence-electron chi connectivity index (χ3n) is 5.32. The molecule has 1 fully saturated rings. The van der Waals surface area contributed by atoms with Crippen molar-refractivity contribution in [3.05, 3.63) is 83.6 Å². The van der Waals surface area contributed by atoms with Crippen molar-refractivity contribution in [3.8, 4) is 17.4 Å². The molecule has 34 heavy (non-hydrogen) atoms. The Morgan fingerprint density at radius 2 is 1.74 bits per heavy atom. The van der Waals surface area contributed by atoms with Crippen LogP contribution in [0.1, 0.15) is 11.3 Å². The van der Waals surface area contributed by atoms with Gasteiger partial charge in [0.1, 0.15) is 23.2 Å². The first-order valence-corrected chi connectivity index (χ1v) is 12.1. The smallest absolute Gasteiger partial charge is 0.262 e. The SMILES string of the molecule is N#CC(=Cc1ccc(-c2ccc(S(=O)(=O)N3CCOCC3)cc2)o1)C(=O)NCc1ccccc1. The van der Waals surface area contributed by atoms with Crippen molar-refractivity contribution in [2.45, 2.75) is 11.4 Å². The van der Waals surface area contributed by atoms with Crippen LogP contribution in [0.15, 0.2) is 81.6 Å². The number of nitrogens with one attached hydrogen (secondary N) is 1. The second-order valence-corrected chi connectivity index (χ2v) is 9.52. The quantitative estimate of drug-likeness (QED) is 0.413. The zero-order valence-electron chi connectivity index (χ0n) is 18.3. The minimum Gasteiger partial charge on any atom is -0.457 e. The van der Waals surface area contributed by atoms with E-state index in [4.69, 9.17) is 9.15 Å². The Labute approximate surface area is 198 Å². The molecule has 0 aliphatic carbocycles. The molecule has 0 unspecified atom stereocenters. The van der Waals surface area contributed by atoms with E-state index in [9.17, 15) is 18.5 Å². The molecule has 0 bridgehead atoms. The topological polar surface area (TPSA) is 113 Å². The van der Waals surface area contributed by atoms with Crippen molar-refractivity contribution in [1.82, 2.24) is 9.62 Å². The van der Waals surface area contributed by atoms with Gasteiger partial charge in [-0.2, -0.15) is 9.57 Å². The van der Waals surface area contributed by atoms with Gasteiger partial charge in [0.2, 0.25) is 10.0 Å². The number of carbonyl (C=O) groups excluding carboxylic acids is 1. The van der Waals surface area contributed by atoms with Gasteiger partial charge in [-0.1, -0.05) is 30.3 Å². The largest absolute Gasteiger partial charge is 0.457 e. The number of carbonyl (C=O) groups is 1. The number of nitriles is 1. The van der Waals surface area contributed by atoms with Gasteiger partial charge in [0.15, 0.2) is 0 Å². The molecule has 1 aromatic heterocycles. The second kappa shape index (κ2) is 10.5. The summed E-state index contributed by atoms with van der Waals surface area (Å²) >= 11 is 0. The number of ether oxygens (including phenoxy) is 1. The summed E-state index contributed by atoms with van der Waals surface area (Å²) in [7, 11) is -3.58. The van der Waals surface area contributed by atoms with E-state index in [1.807, 2.05) is 36.4 Å². The van der Waals surface area contributed by atoms with Gasteiger partial charge in [-0.3, -0.25) is 4.79 Å². The molecule has 0 atom stereocenters. The van der Waals surface area contributed by atoms with E-state index >= 15 is 0 Å². The highest BCUT2D eigenvalue weighted by Crippen LogP contribution is 2.26. The minimum atomic E-state index is -3.58. The summed E-state index contributed by atoms with van der Waals surface area (Å²) in [5.74, 6) is 0.331. The molecular formula is C25H23N3O5S. The molecule has 4 rings (SSSR count). The van der Waals surface area contributed by atoms with Crippen molar-refractivity contribution < 1.29 is 22.4 Å². The van der Waals surface area contributed by atoms with E-state index in [2.05, 4.69) is 5.32 Å². The highest BCUT2D eigenvalue weighted by molar-refractivity contribution is 7.89. The van der Waals surface area contributed by atoms with Crippen LogP contribution in [-0.2, 0) is 26.1 Å². The maximum atomic E-state index is 12.8. The maximum absolute atomic E-state index is 12.8. The van der Waals surface area contributed by atoms with Gasteiger partial charge in [0.05, 0.1) is 18.1 Å². The van der Waals surface area contributed by atoms with Gasteiger partial charge in [-0.25, -0.2) is 8.42 Å². The van der Waals surface area contributed by atoms with Gasteiger partial charge < -0.3 is 14.5 Å². The number of amides is 1. The highest BCUT2D eigenvalue weighted by Gasteiger charge is 2.26. The Balaban J connectivity index is 1.45. The van der Waals surface area contributed by atoms with Crippen molar-refractivity contribution in [2.75, 3.05) is 26.3 Å². The third kappa shape index (κ3) is 5.43. The van der Waals surface area contributed by atoms with Gasteiger partial charge in [0, 0.05) is 31.3 Å². The first kappa shape index (κ1) is 23.4. The van der Waals surface area contributed by atoms with E-state index in [0.717, 1.165) is 5.56 Å². The summed E-state index contributed by atoms with van der Waals surface area (Å²) in [6.45, 7) is 1.74. The third-order valence-corrected chi connectivity index (χ3v) is 7.23. The number of sulfonamides is 1. The number of morpholine rings is 1. The fourth-order valence-corrected chi connectivity index (χ4v) is 4.88. The van der Waals surface area contributed by atoms with E-state index in [1.54, 1.807) is 24.3 Å². The highest BCUT2D eigenvalue weighted by atomic mass is 32.2. The number of furan rings is 1. The van der Waals surface area contributed by atoms with Crippen LogP contribution in [0.25, 0.3) is 17.4 Å². The zero-order chi connectivity index (χ0) is 24.0. The molecule has 9 heteroatoms. The summed E-state index contributed by atoms with van der Waals surface area (Å²) in [5.41, 5.74) is 1.52. The summed E-state index contributed by atoms with van der Waals surface area (Å²) in [6.07, 6.45) is 1.38. The molecule has 8 nitrogen and oxygen atoms in total. The molecule has 1 aliphatic heterocycles. The predicted octanol–water partition coefficient (Wildman–Crippen LogP) is 3.19. The average molecular weight is 478 g/mol. The number of hydrogen-bond donors (Lipinski definition) is 1. The standard InChI is InChI=1S/C25H23N3O5S/c26-17-21(25(29)27-18-19-4-2-1-3-5-19)16-22-8-11-24(33-22)20-6-9-23(10-7-20)34(30,31)28-12-14-32-15-13-28/h1-11,16H,12-15,18H2,(H,27,29). The molecule has 0 saturated carbocycles. The van der Waals surface area contributed by atoms with Crippen LogP contribution in [0.4, 0.5) is 0 Å². The summed E-state index contributed by atoms with van der Waals surface area (Å²) in [4.78, 5) is 12.6. The lowest BCUT2D eigenvalue weighted by molar-refractivity contribution is -0.117. The number of nitrogens with zero attached hydrogens (tertiary/aromatic N) is 2.